The molecule has 0 amide bonds. The molecule has 18 heavy (non-hydrogen) atoms. The number of carbonyl (C=O) groups is 2. The van der Waals surface area contributed by atoms with Crippen molar-refractivity contribution in [3.63, 3.8) is 0 Å². The van der Waals surface area contributed by atoms with Crippen LogP contribution in [0.4, 0.5) is 8.78 Å². The van der Waals surface area contributed by atoms with Gasteiger partial charge in [-0.3, -0.25) is 4.79 Å². The topological polar surface area (TPSA) is 52.6 Å². The lowest BCUT2D eigenvalue weighted by atomic mass is 9.89. The number of ether oxygens (including phenoxy) is 2. The van der Waals surface area contributed by atoms with Gasteiger partial charge in [0.2, 0.25) is 0 Å². The van der Waals surface area contributed by atoms with Crippen LogP contribution in [0.5, 0.6) is 0 Å². The molecule has 0 saturated heterocycles. The average molecular weight is 264 g/mol. The van der Waals surface area contributed by atoms with Gasteiger partial charge in [-0.25, -0.2) is 4.79 Å². The number of carbonyl (C=O) groups excluding carboxylic acids is 2. The minimum absolute atomic E-state index is 0.0953. The largest absolute Gasteiger partial charge is 0.462 e. The third kappa shape index (κ3) is 4.98. The lowest BCUT2D eigenvalue weighted by molar-refractivity contribution is -0.172. The second-order valence-corrected chi connectivity index (χ2v) is 4.53. The Morgan fingerprint density at radius 1 is 1.11 bits per heavy atom. The Hall–Kier alpha value is -1.20. The van der Waals surface area contributed by atoms with E-state index in [-0.39, 0.29) is 25.1 Å². The summed E-state index contributed by atoms with van der Waals surface area (Å²) >= 11 is 0. The highest BCUT2D eigenvalue weighted by atomic mass is 19.3. The number of esters is 2. The van der Waals surface area contributed by atoms with Crippen molar-refractivity contribution in [3.8, 4) is 0 Å². The molecule has 0 bridgehead atoms. The smallest absolute Gasteiger partial charge is 0.376 e. The minimum Gasteiger partial charge on any atom is -0.462 e. The van der Waals surface area contributed by atoms with Crippen LogP contribution >= 0.6 is 0 Å². The van der Waals surface area contributed by atoms with Gasteiger partial charge in [-0.15, -0.1) is 0 Å². The Morgan fingerprint density at radius 2 is 1.67 bits per heavy atom. The molecule has 104 valence electrons. The second-order valence-electron chi connectivity index (χ2n) is 4.53. The number of halogens is 2. The summed E-state index contributed by atoms with van der Waals surface area (Å²) in [6.07, 6.45) is 4.78. The molecule has 0 aromatic carbocycles. The minimum atomic E-state index is -3.51. The highest BCUT2D eigenvalue weighted by Crippen LogP contribution is 2.24. The van der Waals surface area contributed by atoms with Gasteiger partial charge in [0, 0.05) is 6.92 Å². The maximum Gasteiger partial charge on any atom is 0.376 e. The van der Waals surface area contributed by atoms with E-state index in [1.807, 2.05) is 0 Å². The van der Waals surface area contributed by atoms with Crippen molar-refractivity contribution >= 4 is 11.9 Å². The molecule has 0 N–H and O–H groups in total. The van der Waals surface area contributed by atoms with Crippen LogP contribution in [-0.4, -0.2) is 31.1 Å². The molecule has 0 atom stereocenters. The van der Waals surface area contributed by atoms with Crippen molar-refractivity contribution in [1.29, 1.82) is 0 Å². The molecule has 0 radical (unpaired) electrons. The molecular formula is C12H18F2O4. The Bertz CT molecular complexity index is 293. The summed E-state index contributed by atoms with van der Waals surface area (Å²) in [5.74, 6) is -5.53. The molecule has 0 heterocycles. The van der Waals surface area contributed by atoms with E-state index in [1.165, 1.54) is 0 Å². The Morgan fingerprint density at radius 3 is 2.22 bits per heavy atom. The first kappa shape index (κ1) is 14.9. The van der Waals surface area contributed by atoms with Gasteiger partial charge in [0.05, 0.1) is 5.92 Å². The van der Waals surface area contributed by atoms with E-state index in [0.717, 1.165) is 32.1 Å². The molecule has 0 spiro atoms. The van der Waals surface area contributed by atoms with Gasteiger partial charge in [0.1, 0.15) is 13.2 Å². The van der Waals surface area contributed by atoms with E-state index in [1.54, 1.807) is 0 Å². The molecule has 1 saturated carbocycles. The number of hydrogen-bond acceptors (Lipinski definition) is 4. The van der Waals surface area contributed by atoms with Crippen molar-refractivity contribution < 1.29 is 27.8 Å². The van der Waals surface area contributed by atoms with Crippen molar-refractivity contribution in [3.05, 3.63) is 0 Å². The summed E-state index contributed by atoms with van der Waals surface area (Å²) in [7, 11) is 0. The maximum atomic E-state index is 12.4. The zero-order chi connectivity index (χ0) is 13.6. The first-order valence-corrected chi connectivity index (χ1v) is 6.13. The van der Waals surface area contributed by atoms with Crippen LogP contribution in [0.25, 0.3) is 0 Å². The van der Waals surface area contributed by atoms with Gasteiger partial charge in [0.25, 0.3) is 0 Å². The summed E-state index contributed by atoms with van der Waals surface area (Å²) < 4.78 is 34.0. The number of rotatable bonds is 5. The summed E-state index contributed by atoms with van der Waals surface area (Å²) in [6, 6.07) is 0. The quantitative estimate of drug-likeness (QED) is 0.565. The van der Waals surface area contributed by atoms with Crippen LogP contribution in [0.15, 0.2) is 0 Å². The SMILES string of the molecule is CC(F)(F)C(=O)OCCOC(=O)C1CCCCC1. The van der Waals surface area contributed by atoms with E-state index in [9.17, 15) is 18.4 Å². The lowest BCUT2D eigenvalue weighted by Gasteiger charge is -2.19. The van der Waals surface area contributed by atoms with E-state index < -0.39 is 11.9 Å². The number of hydrogen-bond donors (Lipinski definition) is 0. The highest BCUT2D eigenvalue weighted by Gasteiger charge is 2.34. The first-order chi connectivity index (χ1) is 8.41. The normalized spacial score (nSPS) is 17.3. The molecule has 1 aliphatic rings. The lowest BCUT2D eigenvalue weighted by Crippen LogP contribution is -2.29. The zero-order valence-corrected chi connectivity index (χ0v) is 10.4. The average Bonchev–Trinajstić information content (AvgIpc) is 2.34. The molecule has 1 fully saturated rings. The predicted octanol–water partition coefficient (Wildman–Crippen LogP) is 2.31. The van der Waals surface area contributed by atoms with Crippen LogP contribution in [0.2, 0.25) is 0 Å². The molecule has 0 aromatic heterocycles. The third-order valence-corrected chi connectivity index (χ3v) is 2.86. The summed E-state index contributed by atoms with van der Waals surface area (Å²) in [4.78, 5) is 22.2. The molecule has 6 heteroatoms. The standard InChI is InChI=1S/C12H18F2O4/c1-12(13,14)11(16)18-8-7-17-10(15)9-5-3-2-4-6-9/h9H,2-8H2,1H3. The van der Waals surface area contributed by atoms with Gasteiger partial charge in [0.15, 0.2) is 0 Å². The zero-order valence-electron chi connectivity index (χ0n) is 10.4. The Balaban J connectivity index is 2.14. The van der Waals surface area contributed by atoms with Gasteiger partial charge >= 0.3 is 17.9 Å². The molecular weight excluding hydrogens is 246 g/mol. The second kappa shape index (κ2) is 6.66. The van der Waals surface area contributed by atoms with Crippen LogP contribution in [0.3, 0.4) is 0 Å². The maximum absolute atomic E-state index is 12.4. The summed E-state index contributed by atoms with van der Waals surface area (Å²) in [5.41, 5.74) is 0. The van der Waals surface area contributed by atoms with Crippen LogP contribution in [0, 0.1) is 5.92 Å². The molecule has 0 aromatic rings. The van der Waals surface area contributed by atoms with Gasteiger partial charge in [-0.05, 0) is 12.8 Å². The third-order valence-electron chi connectivity index (χ3n) is 2.86. The monoisotopic (exact) mass is 264 g/mol. The predicted molar refractivity (Wildman–Crippen MR) is 59.1 cm³/mol. The fraction of sp³-hybridized carbons (Fsp3) is 0.833. The van der Waals surface area contributed by atoms with Crippen LogP contribution in [0.1, 0.15) is 39.0 Å². The molecule has 0 aliphatic heterocycles. The van der Waals surface area contributed by atoms with Gasteiger partial charge in [-0.1, -0.05) is 19.3 Å². The summed E-state index contributed by atoms with van der Waals surface area (Å²) in [6.45, 7) is -0.0404. The van der Waals surface area contributed by atoms with Crippen LogP contribution in [-0.2, 0) is 19.1 Å². The van der Waals surface area contributed by atoms with Gasteiger partial charge in [-0.2, -0.15) is 8.78 Å². The van der Waals surface area contributed by atoms with Gasteiger partial charge < -0.3 is 9.47 Å². The van der Waals surface area contributed by atoms with E-state index >= 15 is 0 Å². The van der Waals surface area contributed by atoms with E-state index in [4.69, 9.17) is 4.74 Å². The molecule has 4 nitrogen and oxygen atoms in total. The summed E-state index contributed by atoms with van der Waals surface area (Å²) in [5, 5.41) is 0. The molecule has 1 aliphatic carbocycles. The van der Waals surface area contributed by atoms with Crippen molar-refractivity contribution in [1.82, 2.24) is 0 Å². The fourth-order valence-electron chi connectivity index (χ4n) is 1.86. The molecule has 0 unspecified atom stereocenters. The van der Waals surface area contributed by atoms with Crippen molar-refractivity contribution in [2.45, 2.75) is 45.0 Å². The number of alkyl halides is 2. The van der Waals surface area contributed by atoms with Crippen molar-refractivity contribution in [2.24, 2.45) is 5.92 Å². The van der Waals surface area contributed by atoms with E-state index in [0.29, 0.717) is 6.92 Å². The van der Waals surface area contributed by atoms with Crippen LogP contribution < -0.4 is 0 Å². The fourth-order valence-corrected chi connectivity index (χ4v) is 1.86. The molecule has 1 rings (SSSR count). The Labute approximate surface area is 105 Å². The first-order valence-electron chi connectivity index (χ1n) is 6.13. The van der Waals surface area contributed by atoms with Crippen molar-refractivity contribution in [2.75, 3.05) is 13.2 Å². The van der Waals surface area contributed by atoms with E-state index in [2.05, 4.69) is 4.74 Å². The highest BCUT2D eigenvalue weighted by molar-refractivity contribution is 5.77. The Kier molecular flexibility index (Phi) is 5.50.